The van der Waals surface area contributed by atoms with Gasteiger partial charge in [-0.2, -0.15) is 0 Å². The van der Waals surface area contributed by atoms with Gasteiger partial charge in [0.2, 0.25) is 0 Å². The first kappa shape index (κ1) is 17.7. The number of amides is 2. The van der Waals surface area contributed by atoms with Crippen LogP contribution in [-0.2, 0) is 0 Å². The molecule has 3 rings (SSSR count). The van der Waals surface area contributed by atoms with E-state index in [2.05, 4.69) is 10.3 Å². The van der Waals surface area contributed by atoms with E-state index in [0.717, 1.165) is 16.8 Å². The van der Waals surface area contributed by atoms with Crippen LogP contribution < -0.4 is 10.2 Å². The topological polar surface area (TPSA) is 45.2 Å². The second-order valence-corrected chi connectivity index (χ2v) is 7.17. The summed E-state index contributed by atoms with van der Waals surface area (Å²) in [7, 11) is 0. The van der Waals surface area contributed by atoms with E-state index in [9.17, 15) is 4.79 Å². The number of benzene rings is 2. The average molecular weight is 392 g/mol. The smallest absolute Gasteiger partial charge is 0.307 e. The number of nitrogens with zero attached hydrogens (tertiary/aromatic N) is 2. The van der Waals surface area contributed by atoms with Gasteiger partial charge in [-0.3, -0.25) is 0 Å². The molecule has 0 saturated carbocycles. The van der Waals surface area contributed by atoms with Crippen molar-refractivity contribution < 1.29 is 4.79 Å². The number of aryl methyl sites for hydroxylation is 2. The van der Waals surface area contributed by atoms with Crippen molar-refractivity contribution in [3.8, 4) is 0 Å². The molecule has 0 radical (unpaired) electrons. The third kappa shape index (κ3) is 3.95. The van der Waals surface area contributed by atoms with Crippen molar-refractivity contribution in [2.75, 3.05) is 10.2 Å². The molecule has 0 fully saturated rings. The van der Waals surface area contributed by atoms with E-state index < -0.39 is 0 Å². The molecule has 1 N–H and O–H groups in total. The van der Waals surface area contributed by atoms with Gasteiger partial charge in [-0.15, -0.1) is 11.3 Å². The van der Waals surface area contributed by atoms with Crippen LogP contribution in [0.5, 0.6) is 0 Å². The highest BCUT2D eigenvalue weighted by molar-refractivity contribution is 7.13. The minimum atomic E-state index is -0.323. The molecule has 0 saturated heterocycles. The molecule has 0 unspecified atom stereocenters. The molecule has 3 aromatic rings. The van der Waals surface area contributed by atoms with Gasteiger partial charge in [-0.25, -0.2) is 14.7 Å². The molecule has 0 atom stereocenters. The van der Waals surface area contributed by atoms with Gasteiger partial charge in [0, 0.05) is 17.3 Å². The van der Waals surface area contributed by atoms with Gasteiger partial charge in [0.05, 0.1) is 15.7 Å². The molecule has 4 nitrogen and oxygen atoms in total. The van der Waals surface area contributed by atoms with Crippen LogP contribution in [0, 0.1) is 13.8 Å². The Bertz CT molecular complexity index is 913. The Labute approximate surface area is 160 Å². The number of carbonyl (C=O) groups is 1. The molecule has 0 spiro atoms. The van der Waals surface area contributed by atoms with Gasteiger partial charge in [0.1, 0.15) is 0 Å². The molecule has 1 heterocycles. The lowest BCUT2D eigenvalue weighted by atomic mass is 10.1. The lowest BCUT2D eigenvalue weighted by Crippen LogP contribution is -2.30. The van der Waals surface area contributed by atoms with Crippen LogP contribution in [0.2, 0.25) is 10.0 Å². The van der Waals surface area contributed by atoms with Crippen molar-refractivity contribution in [3.05, 3.63) is 69.1 Å². The Balaban J connectivity index is 1.95. The SMILES string of the molecule is Cc1ccc(N(C(=O)Nc2ccc(Cl)c(Cl)c2)c2nccs2)cc1C. The van der Waals surface area contributed by atoms with Crippen LogP contribution in [-0.4, -0.2) is 11.0 Å². The number of anilines is 3. The standard InChI is InChI=1S/C18H15Cl2N3OS/c1-11-3-5-14(9-12(11)2)23(18-21-7-8-25-18)17(24)22-13-4-6-15(19)16(20)10-13/h3-10H,1-2H3,(H,22,24). The maximum atomic E-state index is 12.9. The first-order chi connectivity index (χ1) is 12.0. The second kappa shape index (κ2) is 7.44. The normalized spacial score (nSPS) is 10.6. The van der Waals surface area contributed by atoms with Crippen molar-refractivity contribution >= 4 is 57.1 Å². The first-order valence-electron chi connectivity index (χ1n) is 7.48. The summed E-state index contributed by atoms with van der Waals surface area (Å²) >= 11 is 13.3. The number of hydrogen-bond donors (Lipinski definition) is 1. The van der Waals surface area contributed by atoms with E-state index in [0.29, 0.717) is 20.9 Å². The predicted octanol–water partition coefficient (Wildman–Crippen LogP) is 6.44. The zero-order valence-corrected chi connectivity index (χ0v) is 15.9. The van der Waals surface area contributed by atoms with Gasteiger partial charge >= 0.3 is 6.03 Å². The highest BCUT2D eigenvalue weighted by Gasteiger charge is 2.21. The number of rotatable bonds is 3. The number of halogens is 2. The molecule has 0 aliphatic carbocycles. The zero-order valence-electron chi connectivity index (χ0n) is 13.6. The number of urea groups is 1. The molecule has 1 aromatic heterocycles. The van der Waals surface area contributed by atoms with Crippen LogP contribution >= 0.6 is 34.5 Å². The van der Waals surface area contributed by atoms with Gasteiger partial charge in [0.15, 0.2) is 5.13 Å². The summed E-state index contributed by atoms with van der Waals surface area (Å²) in [4.78, 5) is 18.7. The maximum Gasteiger partial charge on any atom is 0.332 e. The highest BCUT2D eigenvalue weighted by atomic mass is 35.5. The predicted molar refractivity (Wildman–Crippen MR) is 106 cm³/mol. The summed E-state index contributed by atoms with van der Waals surface area (Å²) in [6.45, 7) is 4.04. The molecule has 25 heavy (non-hydrogen) atoms. The highest BCUT2D eigenvalue weighted by Crippen LogP contribution is 2.30. The zero-order chi connectivity index (χ0) is 18.0. The molecule has 128 valence electrons. The molecule has 2 amide bonds. The van der Waals surface area contributed by atoms with Crippen LogP contribution in [0.25, 0.3) is 0 Å². The molecular formula is C18H15Cl2N3OS. The van der Waals surface area contributed by atoms with E-state index in [1.807, 2.05) is 37.4 Å². The Morgan fingerprint density at radius 2 is 1.88 bits per heavy atom. The lowest BCUT2D eigenvalue weighted by molar-refractivity contribution is 0.259. The van der Waals surface area contributed by atoms with Crippen molar-refractivity contribution in [1.29, 1.82) is 0 Å². The quantitative estimate of drug-likeness (QED) is 0.558. The minimum absolute atomic E-state index is 0.323. The van der Waals surface area contributed by atoms with E-state index in [1.54, 1.807) is 29.3 Å². The average Bonchev–Trinajstić information content (AvgIpc) is 3.08. The van der Waals surface area contributed by atoms with Crippen LogP contribution in [0.4, 0.5) is 21.3 Å². The summed E-state index contributed by atoms with van der Waals surface area (Å²) in [6.07, 6.45) is 1.67. The van der Waals surface area contributed by atoms with Crippen molar-refractivity contribution in [3.63, 3.8) is 0 Å². The summed E-state index contributed by atoms with van der Waals surface area (Å²) in [6, 6.07) is 10.5. The molecular weight excluding hydrogens is 377 g/mol. The van der Waals surface area contributed by atoms with Crippen LogP contribution in [0.1, 0.15) is 11.1 Å². The van der Waals surface area contributed by atoms with Crippen molar-refractivity contribution in [1.82, 2.24) is 4.98 Å². The molecule has 7 heteroatoms. The largest absolute Gasteiger partial charge is 0.332 e. The Morgan fingerprint density at radius 3 is 2.52 bits per heavy atom. The number of hydrogen-bond acceptors (Lipinski definition) is 3. The van der Waals surface area contributed by atoms with E-state index in [1.165, 1.54) is 11.3 Å². The first-order valence-corrected chi connectivity index (χ1v) is 9.12. The third-order valence-corrected chi connectivity index (χ3v) is 5.23. The van der Waals surface area contributed by atoms with Crippen molar-refractivity contribution in [2.24, 2.45) is 0 Å². The molecule has 0 bridgehead atoms. The van der Waals surface area contributed by atoms with Gasteiger partial charge < -0.3 is 5.32 Å². The number of thiazole rings is 1. The fourth-order valence-corrected chi connectivity index (χ4v) is 3.22. The lowest BCUT2D eigenvalue weighted by Gasteiger charge is -2.21. The Morgan fingerprint density at radius 1 is 1.08 bits per heavy atom. The monoisotopic (exact) mass is 391 g/mol. The Kier molecular flexibility index (Phi) is 5.27. The maximum absolute atomic E-state index is 12.9. The Hall–Kier alpha value is -2.08. The van der Waals surface area contributed by atoms with E-state index >= 15 is 0 Å². The fourth-order valence-electron chi connectivity index (χ4n) is 2.26. The van der Waals surface area contributed by atoms with E-state index in [4.69, 9.17) is 23.2 Å². The third-order valence-electron chi connectivity index (χ3n) is 3.73. The fraction of sp³-hybridized carbons (Fsp3) is 0.111. The molecule has 0 aliphatic rings. The second-order valence-electron chi connectivity index (χ2n) is 5.48. The number of aromatic nitrogens is 1. The minimum Gasteiger partial charge on any atom is -0.307 e. The molecule has 0 aliphatic heterocycles. The number of nitrogens with one attached hydrogen (secondary N) is 1. The van der Waals surface area contributed by atoms with Gasteiger partial charge in [-0.1, -0.05) is 29.3 Å². The summed E-state index contributed by atoms with van der Waals surface area (Å²) < 4.78 is 0. The van der Waals surface area contributed by atoms with Crippen LogP contribution in [0.15, 0.2) is 48.0 Å². The summed E-state index contributed by atoms with van der Waals surface area (Å²) in [5.74, 6) is 0. The summed E-state index contributed by atoms with van der Waals surface area (Å²) in [5, 5.41) is 6.07. The van der Waals surface area contributed by atoms with Gasteiger partial charge in [0.25, 0.3) is 0 Å². The van der Waals surface area contributed by atoms with E-state index in [-0.39, 0.29) is 6.03 Å². The van der Waals surface area contributed by atoms with Crippen molar-refractivity contribution in [2.45, 2.75) is 13.8 Å². The summed E-state index contributed by atoms with van der Waals surface area (Å²) in [5.41, 5.74) is 3.56. The number of carbonyl (C=O) groups excluding carboxylic acids is 1. The molecule has 2 aromatic carbocycles. The van der Waals surface area contributed by atoms with Gasteiger partial charge in [-0.05, 0) is 55.3 Å². The van der Waals surface area contributed by atoms with Crippen LogP contribution in [0.3, 0.4) is 0 Å².